The van der Waals surface area contributed by atoms with Crippen LogP contribution in [0.4, 0.5) is 5.69 Å². The molecule has 0 amide bonds. The highest BCUT2D eigenvalue weighted by atomic mass is 16.6. The van der Waals surface area contributed by atoms with Gasteiger partial charge in [0.1, 0.15) is 0 Å². The van der Waals surface area contributed by atoms with Crippen LogP contribution in [0.2, 0.25) is 0 Å². The Morgan fingerprint density at radius 1 is 1.62 bits per heavy atom. The number of carboxylic acid groups (broad SMARTS) is 1. The molecule has 0 bridgehead atoms. The molecule has 70 valence electrons. The summed E-state index contributed by atoms with van der Waals surface area (Å²) in [5.41, 5.74) is -0.605. The number of nitrogens with zero attached hydrogens (tertiary/aromatic N) is 2. The van der Waals surface area contributed by atoms with Crippen LogP contribution >= 0.6 is 0 Å². The van der Waals surface area contributed by atoms with Gasteiger partial charge in [0.05, 0.1) is 4.92 Å². The van der Waals surface area contributed by atoms with Crippen LogP contribution in [0, 0.1) is 10.1 Å². The van der Waals surface area contributed by atoms with Gasteiger partial charge < -0.3 is 10.6 Å². The lowest BCUT2D eigenvalue weighted by Gasteiger charge is -1.92. The van der Waals surface area contributed by atoms with Crippen molar-refractivity contribution in [1.82, 2.24) is 4.98 Å². The molecule has 0 unspecified atom stereocenters. The summed E-state index contributed by atoms with van der Waals surface area (Å²) in [7, 11) is 0. The quantitative estimate of drug-likeness (QED) is 0.508. The van der Waals surface area contributed by atoms with Crippen LogP contribution < -0.4 is 0 Å². The van der Waals surface area contributed by atoms with E-state index in [1.807, 2.05) is 0 Å². The zero-order valence-electron chi connectivity index (χ0n) is 6.30. The van der Waals surface area contributed by atoms with E-state index in [0.29, 0.717) is 0 Å². The van der Waals surface area contributed by atoms with Gasteiger partial charge in [0.15, 0.2) is 5.69 Å². The highest BCUT2D eigenvalue weighted by molar-refractivity contribution is 5.85. The van der Waals surface area contributed by atoms with Gasteiger partial charge in [-0.25, -0.2) is 9.78 Å². The highest BCUT2D eigenvalue weighted by Crippen LogP contribution is 2.09. The maximum atomic E-state index is 10.3. The average molecular weight is 186 g/mol. The molecule has 0 aliphatic heterocycles. The van der Waals surface area contributed by atoms with Crippen LogP contribution in [0.1, 0.15) is 10.5 Å². The van der Waals surface area contributed by atoms with Crippen molar-refractivity contribution in [2.24, 2.45) is 0 Å². The first-order chi connectivity index (χ1) is 5.61. The fourth-order valence-electron chi connectivity index (χ4n) is 0.650. The molecule has 7 nitrogen and oxygen atoms in total. The van der Waals surface area contributed by atoms with Gasteiger partial charge in [-0.15, -0.1) is 0 Å². The van der Waals surface area contributed by atoms with E-state index in [1.165, 1.54) is 0 Å². The number of nitro groups is 1. The summed E-state index contributed by atoms with van der Waals surface area (Å²) in [6, 6.07) is 2.04. The maximum Gasteiger partial charge on any atom is 0.354 e. The highest BCUT2D eigenvalue weighted by Gasteiger charge is 2.10. The largest absolute Gasteiger partial charge is 0.477 e. The molecular formula is C6H6N2O5. The van der Waals surface area contributed by atoms with Gasteiger partial charge in [0.2, 0.25) is 0 Å². The number of hydrogen-bond donors (Lipinski definition) is 1. The Morgan fingerprint density at radius 3 is 2.69 bits per heavy atom. The van der Waals surface area contributed by atoms with Gasteiger partial charge in [-0.2, -0.15) is 0 Å². The Balaban J connectivity index is 0.00000144. The predicted molar refractivity (Wildman–Crippen MR) is 41.5 cm³/mol. The van der Waals surface area contributed by atoms with E-state index in [2.05, 4.69) is 4.98 Å². The summed E-state index contributed by atoms with van der Waals surface area (Å²) in [6.45, 7) is 0. The fraction of sp³-hybridized carbons (Fsp3) is 0. The van der Waals surface area contributed by atoms with Crippen molar-refractivity contribution >= 4 is 11.7 Å². The van der Waals surface area contributed by atoms with E-state index in [0.717, 1.165) is 18.3 Å². The molecule has 1 aromatic heterocycles. The second kappa shape index (κ2) is 4.12. The van der Waals surface area contributed by atoms with Gasteiger partial charge in [-0.3, -0.25) is 10.1 Å². The molecule has 0 atom stereocenters. The average Bonchev–Trinajstić information content (AvgIpc) is 2.04. The SMILES string of the molecule is O.O=C(O)c1cc([N+](=O)[O-])ccn1. The van der Waals surface area contributed by atoms with Crippen molar-refractivity contribution in [3.63, 3.8) is 0 Å². The summed E-state index contributed by atoms with van der Waals surface area (Å²) in [6.07, 6.45) is 1.08. The third-order valence-corrected chi connectivity index (χ3v) is 1.17. The molecule has 0 aliphatic rings. The van der Waals surface area contributed by atoms with Crippen LogP contribution in [0.3, 0.4) is 0 Å². The molecule has 0 aromatic carbocycles. The van der Waals surface area contributed by atoms with Crippen LogP contribution in [0.5, 0.6) is 0 Å². The maximum absolute atomic E-state index is 10.3. The molecule has 7 heteroatoms. The molecule has 0 fully saturated rings. The molecule has 0 aliphatic carbocycles. The third-order valence-electron chi connectivity index (χ3n) is 1.17. The van der Waals surface area contributed by atoms with Crippen LogP contribution in [0.25, 0.3) is 0 Å². The first-order valence-electron chi connectivity index (χ1n) is 2.95. The van der Waals surface area contributed by atoms with E-state index < -0.39 is 10.9 Å². The van der Waals surface area contributed by atoms with Gasteiger partial charge >= 0.3 is 5.97 Å². The summed E-state index contributed by atoms with van der Waals surface area (Å²) < 4.78 is 0. The molecule has 0 spiro atoms. The zero-order chi connectivity index (χ0) is 9.14. The van der Waals surface area contributed by atoms with Crippen molar-refractivity contribution in [1.29, 1.82) is 0 Å². The molecular weight excluding hydrogens is 180 g/mol. The minimum atomic E-state index is -1.28. The first kappa shape index (κ1) is 11.0. The zero-order valence-corrected chi connectivity index (χ0v) is 6.30. The number of rotatable bonds is 2. The lowest BCUT2D eigenvalue weighted by atomic mass is 10.3. The van der Waals surface area contributed by atoms with E-state index in [4.69, 9.17) is 5.11 Å². The van der Waals surface area contributed by atoms with Gasteiger partial charge in [-0.05, 0) is 0 Å². The second-order valence-corrected chi connectivity index (χ2v) is 1.96. The fourth-order valence-corrected chi connectivity index (χ4v) is 0.650. The summed E-state index contributed by atoms with van der Waals surface area (Å²) in [5, 5.41) is 18.6. The molecule has 1 rings (SSSR count). The molecule has 0 saturated carbocycles. The minimum Gasteiger partial charge on any atom is -0.477 e. The van der Waals surface area contributed by atoms with Crippen molar-refractivity contribution in [2.45, 2.75) is 0 Å². The Hall–Kier alpha value is -2.02. The lowest BCUT2D eigenvalue weighted by Crippen LogP contribution is -2.00. The van der Waals surface area contributed by atoms with Crippen molar-refractivity contribution in [2.75, 3.05) is 0 Å². The van der Waals surface area contributed by atoms with Crippen molar-refractivity contribution in [3.8, 4) is 0 Å². The third kappa shape index (κ3) is 2.49. The number of aromatic carboxylic acids is 1. The second-order valence-electron chi connectivity index (χ2n) is 1.96. The first-order valence-corrected chi connectivity index (χ1v) is 2.95. The van der Waals surface area contributed by atoms with Gasteiger partial charge in [0, 0.05) is 18.3 Å². The minimum absolute atomic E-state index is 0. The molecule has 3 N–H and O–H groups in total. The number of carboxylic acids is 1. The summed E-state index contributed by atoms with van der Waals surface area (Å²) in [5.74, 6) is -1.28. The molecule has 0 radical (unpaired) electrons. The number of aromatic nitrogens is 1. The van der Waals surface area contributed by atoms with E-state index in [9.17, 15) is 14.9 Å². The molecule has 1 aromatic rings. The smallest absolute Gasteiger partial charge is 0.354 e. The van der Waals surface area contributed by atoms with Gasteiger partial charge in [-0.1, -0.05) is 0 Å². The van der Waals surface area contributed by atoms with E-state index >= 15 is 0 Å². The monoisotopic (exact) mass is 186 g/mol. The molecule has 13 heavy (non-hydrogen) atoms. The molecule has 1 heterocycles. The Labute approximate surface area is 72.1 Å². The van der Waals surface area contributed by atoms with Crippen LogP contribution in [-0.4, -0.2) is 26.5 Å². The van der Waals surface area contributed by atoms with E-state index in [1.54, 1.807) is 0 Å². The Morgan fingerprint density at radius 2 is 2.23 bits per heavy atom. The lowest BCUT2D eigenvalue weighted by molar-refractivity contribution is -0.385. The normalized spacial score (nSPS) is 8.62. The molecule has 0 saturated heterocycles. The number of hydrogen-bond acceptors (Lipinski definition) is 4. The van der Waals surface area contributed by atoms with Gasteiger partial charge in [0.25, 0.3) is 5.69 Å². The van der Waals surface area contributed by atoms with Crippen molar-refractivity contribution in [3.05, 3.63) is 34.1 Å². The number of carbonyl (C=O) groups is 1. The van der Waals surface area contributed by atoms with Crippen molar-refractivity contribution < 1.29 is 20.3 Å². The Bertz CT molecular complexity index is 308. The predicted octanol–water partition coefficient (Wildman–Crippen LogP) is -0.137. The van der Waals surface area contributed by atoms with Crippen LogP contribution in [-0.2, 0) is 0 Å². The van der Waals surface area contributed by atoms with Crippen LogP contribution in [0.15, 0.2) is 18.3 Å². The Kier molecular flexibility index (Phi) is 3.48. The topological polar surface area (TPSA) is 125 Å². The number of pyridine rings is 1. The van der Waals surface area contributed by atoms with E-state index in [-0.39, 0.29) is 16.9 Å². The summed E-state index contributed by atoms with van der Waals surface area (Å²) >= 11 is 0. The summed E-state index contributed by atoms with van der Waals surface area (Å²) in [4.78, 5) is 23.2. The standard InChI is InChI=1S/C6H4N2O4.H2O/c9-6(10)5-3-4(8(11)12)1-2-7-5;/h1-3H,(H,9,10);1H2.